The number of aromatic amines is 1. The number of hydrogen-bond donors (Lipinski definition) is 3. The van der Waals surface area contributed by atoms with Crippen LogP contribution in [-0.2, 0) is 15.4 Å². The van der Waals surface area contributed by atoms with E-state index in [1.807, 2.05) is 12.1 Å². The summed E-state index contributed by atoms with van der Waals surface area (Å²) in [5.74, 6) is 0.396. The minimum atomic E-state index is -3.84. The number of rotatable bonds is 6. The van der Waals surface area contributed by atoms with Gasteiger partial charge in [-0.2, -0.15) is 0 Å². The number of benzene rings is 3. The van der Waals surface area contributed by atoms with Crippen molar-refractivity contribution in [1.29, 1.82) is 0 Å². The lowest BCUT2D eigenvalue weighted by molar-refractivity contribution is 0.101. The Morgan fingerprint density at radius 1 is 0.857 bits per heavy atom. The molecule has 1 aromatic heterocycles. The Morgan fingerprint density at radius 3 is 2.06 bits per heavy atom. The zero-order chi connectivity index (χ0) is 25.4. The highest BCUT2D eigenvalue weighted by Gasteiger charge is 2.19. The first-order valence-corrected chi connectivity index (χ1v) is 12.5. The van der Waals surface area contributed by atoms with Gasteiger partial charge in [-0.25, -0.2) is 13.4 Å². The maximum atomic E-state index is 12.7. The third-order valence-electron chi connectivity index (χ3n) is 5.42. The standard InChI is InChI=1S/C26H26N4O4S/c1-16(31)17-7-12-21(13-8-17)35(33,34)30-19-9-5-18(6-10-19)24(32)27-20-11-14-22-23(15-20)29-25(28-22)26(2,3)4/h5-15,30H,1-4H3,(H,27,32)(H,28,29). The van der Waals surface area contributed by atoms with Crippen molar-refractivity contribution in [1.82, 2.24) is 9.97 Å². The van der Waals surface area contributed by atoms with Crippen LogP contribution < -0.4 is 10.0 Å². The fraction of sp³-hybridized carbons (Fsp3) is 0.192. The van der Waals surface area contributed by atoms with E-state index in [0.29, 0.717) is 22.5 Å². The average Bonchev–Trinajstić information content (AvgIpc) is 3.23. The van der Waals surface area contributed by atoms with E-state index in [2.05, 4.69) is 40.8 Å². The normalized spacial score (nSPS) is 11.9. The van der Waals surface area contributed by atoms with Gasteiger partial charge >= 0.3 is 0 Å². The number of sulfonamides is 1. The first kappa shape index (κ1) is 24.2. The Kier molecular flexibility index (Phi) is 6.21. The molecule has 0 saturated heterocycles. The summed E-state index contributed by atoms with van der Waals surface area (Å²) in [7, 11) is -3.84. The van der Waals surface area contributed by atoms with E-state index >= 15 is 0 Å². The number of carbonyl (C=O) groups excluding carboxylic acids is 2. The molecule has 35 heavy (non-hydrogen) atoms. The number of ketones is 1. The molecule has 1 heterocycles. The van der Waals surface area contributed by atoms with Gasteiger partial charge in [-0.05, 0) is 61.5 Å². The molecule has 4 aromatic rings. The number of nitrogens with one attached hydrogen (secondary N) is 3. The molecule has 180 valence electrons. The van der Waals surface area contributed by atoms with E-state index in [1.165, 1.54) is 43.3 Å². The quantitative estimate of drug-likeness (QED) is 0.324. The number of hydrogen-bond acceptors (Lipinski definition) is 5. The first-order valence-electron chi connectivity index (χ1n) is 11.0. The third-order valence-corrected chi connectivity index (χ3v) is 6.82. The molecule has 0 fully saturated rings. The van der Waals surface area contributed by atoms with Gasteiger partial charge in [0.15, 0.2) is 5.78 Å². The molecule has 0 aliphatic carbocycles. The number of imidazole rings is 1. The first-order chi connectivity index (χ1) is 16.4. The summed E-state index contributed by atoms with van der Waals surface area (Å²) in [5.41, 5.74) is 3.26. The second kappa shape index (κ2) is 8.99. The number of H-pyrrole nitrogens is 1. The highest BCUT2D eigenvalue weighted by atomic mass is 32.2. The maximum Gasteiger partial charge on any atom is 0.261 e. The summed E-state index contributed by atoms with van der Waals surface area (Å²) in [4.78, 5) is 32.0. The monoisotopic (exact) mass is 490 g/mol. The fourth-order valence-corrected chi connectivity index (χ4v) is 4.48. The number of carbonyl (C=O) groups is 2. The molecule has 0 aliphatic heterocycles. The zero-order valence-electron chi connectivity index (χ0n) is 19.8. The number of anilines is 2. The predicted molar refractivity (Wildman–Crippen MR) is 136 cm³/mol. The number of fused-ring (bicyclic) bond motifs is 1. The van der Waals surface area contributed by atoms with Gasteiger partial charge in [0, 0.05) is 27.9 Å². The van der Waals surface area contributed by atoms with Crippen LogP contribution in [0.4, 0.5) is 11.4 Å². The van der Waals surface area contributed by atoms with Crippen LogP contribution in [0, 0.1) is 0 Å². The van der Waals surface area contributed by atoms with Gasteiger partial charge in [0.05, 0.1) is 15.9 Å². The molecule has 0 saturated carbocycles. The Morgan fingerprint density at radius 2 is 1.46 bits per heavy atom. The lowest BCUT2D eigenvalue weighted by atomic mass is 9.96. The number of amides is 1. The largest absolute Gasteiger partial charge is 0.341 e. The summed E-state index contributed by atoms with van der Waals surface area (Å²) in [6, 6.07) is 17.3. The van der Waals surface area contributed by atoms with Gasteiger partial charge in [-0.1, -0.05) is 32.9 Å². The van der Waals surface area contributed by atoms with E-state index in [9.17, 15) is 18.0 Å². The van der Waals surface area contributed by atoms with Crippen LogP contribution in [0.3, 0.4) is 0 Å². The van der Waals surface area contributed by atoms with Crippen molar-refractivity contribution < 1.29 is 18.0 Å². The smallest absolute Gasteiger partial charge is 0.261 e. The van der Waals surface area contributed by atoms with Crippen LogP contribution in [0.25, 0.3) is 11.0 Å². The van der Waals surface area contributed by atoms with E-state index in [0.717, 1.165) is 16.9 Å². The Balaban J connectivity index is 1.45. The Bertz CT molecular complexity index is 1510. The van der Waals surface area contributed by atoms with Gasteiger partial charge < -0.3 is 10.3 Å². The molecular weight excluding hydrogens is 464 g/mol. The van der Waals surface area contributed by atoms with Crippen molar-refractivity contribution in [2.75, 3.05) is 10.0 Å². The molecule has 0 aliphatic rings. The molecule has 0 bridgehead atoms. The Hall–Kier alpha value is -3.98. The van der Waals surface area contributed by atoms with Crippen LogP contribution in [0.5, 0.6) is 0 Å². The van der Waals surface area contributed by atoms with Crippen molar-refractivity contribution >= 4 is 44.1 Å². The second-order valence-corrected chi connectivity index (χ2v) is 11.0. The molecule has 0 unspecified atom stereocenters. The molecular formula is C26H26N4O4S. The van der Waals surface area contributed by atoms with Gasteiger partial charge in [0.1, 0.15) is 5.82 Å². The van der Waals surface area contributed by atoms with Crippen molar-refractivity contribution in [2.45, 2.75) is 38.0 Å². The maximum absolute atomic E-state index is 12.7. The lowest BCUT2D eigenvalue weighted by Gasteiger charge is -2.13. The average molecular weight is 491 g/mol. The minimum Gasteiger partial charge on any atom is -0.341 e. The van der Waals surface area contributed by atoms with Crippen LogP contribution >= 0.6 is 0 Å². The molecule has 8 nitrogen and oxygen atoms in total. The van der Waals surface area contributed by atoms with Crippen molar-refractivity contribution in [3.63, 3.8) is 0 Å². The molecule has 0 atom stereocenters. The molecule has 4 rings (SSSR count). The van der Waals surface area contributed by atoms with Crippen LogP contribution in [-0.4, -0.2) is 30.1 Å². The number of aromatic nitrogens is 2. The van der Waals surface area contributed by atoms with Gasteiger partial charge in [0.2, 0.25) is 0 Å². The fourth-order valence-electron chi connectivity index (χ4n) is 3.42. The van der Waals surface area contributed by atoms with Gasteiger partial charge in [0.25, 0.3) is 15.9 Å². The molecule has 9 heteroatoms. The molecule has 3 N–H and O–H groups in total. The van der Waals surface area contributed by atoms with Crippen molar-refractivity contribution in [3.05, 3.63) is 83.7 Å². The summed E-state index contributed by atoms with van der Waals surface area (Å²) in [6.45, 7) is 7.63. The third kappa shape index (κ3) is 5.41. The highest BCUT2D eigenvalue weighted by molar-refractivity contribution is 7.92. The van der Waals surface area contributed by atoms with E-state index in [4.69, 9.17) is 0 Å². The number of Topliss-reactive ketones (excluding diaryl/α,β-unsaturated/α-hetero) is 1. The SMILES string of the molecule is CC(=O)c1ccc(S(=O)(=O)Nc2ccc(C(=O)Nc3ccc4nc(C(C)(C)C)[nH]c4c3)cc2)cc1. The molecule has 3 aromatic carbocycles. The second-order valence-electron chi connectivity index (χ2n) is 9.28. The summed E-state index contributed by atoms with van der Waals surface area (Å²) < 4.78 is 27.7. The van der Waals surface area contributed by atoms with Crippen LogP contribution in [0.2, 0.25) is 0 Å². The topological polar surface area (TPSA) is 121 Å². The number of nitrogens with zero attached hydrogens (tertiary/aromatic N) is 1. The van der Waals surface area contributed by atoms with Crippen LogP contribution in [0.1, 0.15) is 54.2 Å². The molecule has 0 spiro atoms. The molecule has 1 amide bonds. The van der Waals surface area contributed by atoms with Gasteiger partial charge in [-0.3, -0.25) is 14.3 Å². The highest BCUT2D eigenvalue weighted by Crippen LogP contribution is 2.25. The zero-order valence-corrected chi connectivity index (χ0v) is 20.7. The van der Waals surface area contributed by atoms with Crippen LogP contribution in [0.15, 0.2) is 71.6 Å². The molecule has 0 radical (unpaired) electrons. The minimum absolute atomic E-state index is 0.0353. The lowest BCUT2D eigenvalue weighted by Crippen LogP contribution is -2.14. The van der Waals surface area contributed by atoms with E-state index < -0.39 is 10.0 Å². The van der Waals surface area contributed by atoms with E-state index in [-0.39, 0.29) is 22.0 Å². The summed E-state index contributed by atoms with van der Waals surface area (Å²) >= 11 is 0. The van der Waals surface area contributed by atoms with Crippen molar-refractivity contribution in [2.24, 2.45) is 0 Å². The summed E-state index contributed by atoms with van der Waals surface area (Å²) in [6.07, 6.45) is 0. The predicted octanol–water partition coefficient (Wildman–Crippen LogP) is 5.12. The summed E-state index contributed by atoms with van der Waals surface area (Å²) in [5, 5.41) is 2.85. The van der Waals surface area contributed by atoms with E-state index in [1.54, 1.807) is 18.2 Å². The van der Waals surface area contributed by atoms with Crippen molar-refractivity contribution in [3.8, 4) is 0 Å². The Labute approximate surface area is 203 Å². The van der Waals surface area contributed by atoms with Gasteiger partial charge in [-0.15, -0.1) is 0 Å².